The molecule has 3 aromatic rings. The monoisotopic (exact) mass is 422 g/mol. The van der Waals surface area contributed by atoms with Gasteiger partial charge in [0, 0.05) is 24.2 Å². The lowest BCUT2D eigenvalue weighted by atomic mass is 10.1. The topological polar surface area (TPSA) is 49.8 Å². The summed E-state index contributed by atoms with van der Waals surface area (Å²) in [5, 5.41) is 6.67. The molecule has 0 spiro atoms. The molecule has 2 aromatic heterocycles. The number of pyridine rings is 2. The lowest BCUT2D eigenvalue weighted by Gasteiger charge is -2.04. The van der Waals surface area contributed by atoms with Crippen LogP contribution < -0.4 is 10.6 Å². The van der Waals surface area contributed by atoms with Crippen LogP contribution in [0.1, 0.15) is 62.0 Å². The Morgan fingerprint density at radius 3 is 1.56 bits per heavy atom. The van der Waals surface area contributed by atoms with Crippen LogP contribution in [0.2, 0.25) is 0 Å². The number of nitrogens with one attached hydrogen (secondary N) is 2. The van der Waals surface area contributed by atoms with E-state index in [1.807, 2.05) is 60.7 Å². The van der Waals surface area contributed by atoms with Crippen LogP contribution in [0.5, 0.6) is 0 Å². The summed E-state index contributed by atoms with van der Waals surface area (Å²) in [6, 6.07) is 19.7. The van der Waals surface area contributed by atoms with Crippen molar-refractivity contribution >= 4 is 11.6 Å². The van der Waals surface area contributed by atoms with E-state index >= 15 is 0 Å². The summed E-state index contributed by atoms with van der Waals surface area (Å²) >= 11 is 0. The molecule has 0 saturated heterocycles. The van der Waals surface area contributed by atoms with Crippen LogP contribution in [0.15, 0.2) is 60.7 Å². The first-order chi connectivity index (χ1) is 15.8. The number of rotatable bonds is 8. The summed E-state index contributed by atoms with van der Waals surface area (Å²) in [6.07, 6.45) is 4.56. The molecule has 0 atom stereocenters. The van der Waals surface area contributed by atoms with E-state index in [2.05, 4.69) is 58.1 Å². The minimum absolute atomic E-state index is 0.750. The van der Waals surface area contributed by atoms with Crippen LogP contribution in [-0.4, -0.2) is 23.1 Å². The van der Waals surface area contributed by atoms with Crippen LogP contribution in [0.3, 0.4) is 0 Å². The van der Waals surface area contributed by atoms with E-state index in [0.29, 0.717) is 0 Å². The second kappa shape index (κ2) is 12.8. The first-order valence-electron chi connectivity index (χ1n) is 11.3. The minimum Gasteiger partial charge on any atom is -0.370 e. The Balaban J connectivity index is 1.68. The Morgan fingerprint density at radius 2 is 1.09 bits per heavy atom. The highest BCUT2D eigenvalue weighted by Gasteiger charge is 1.97. The van der Waals surface area contributed by atoms with Crippen molar-refractivity contribution in [3.8, 4) is 23.7 Å². The number of hydrogen-bond acceptors (Lipinski definition) is 4. The third-order valence-corrected chi connectivity index (χ3v) is 4.70. The quantitative estimate of drug-likeness (QED) is 0.361. The summed E-state index contributed by atoms with van der Waals surface area (Å²) in [4.78, 5) is 9.13. The van der Waals surface area contributed by atoms with E-state index in [9.17, 15) is 0 Å². The summed E-state index contributed by atoms with van der Waals surface area (Å²) in [7, 11) is 0. The van der Waals surface area contributed by atoms with Crippen molar-refractivity contribution < 1.29 is 0 Å². The van der Waals surface area contributed by atoms with Gasteiger partial charge in [0.2, 0.25) is 0 Å². The number of anilines is 2. The van der Waals surface area contributed by atoms with E-state index in [0.717, 1.165) is 72.9 Å². The molecular formula is C28H30N4. The van der Waals surface area contributed by atoms with Gasteiger partial charge in [0.15, 0.2) is 0 Å². The fraction of sp³-hybridized carbons (Fsp3) is 0.286. The Labute approximate surface area is 191 Å². The molecule has 0 aliphatic carbocycles. The van der Waals surface area contributed by atoms with Crippen molar-refractivity contribution in [2.24, 2.45) is 0 Å². The summed E-state index contributed by atoms with van der Waals surface area (Å²) in [5.74, 6) is 14.4. The zero-order valence-electron chi connectivity index (χ0n) is 18.9. The van der Waals surface area contributed by atoms with Gasteiger partial charge in [-0.25, -0.2) is 9.97 Å². The van der Waals surface area contributed by atoms with Crippen molar-refractivity contribution in [1.29, 1.82) is 0 Å². The lowest BCUT2D eigenvalue weighted by molar-refractivity contribution is 0.831. The standard InChI is InChI=1S/C28H30N4/c1-3-5-20-29-27-14-8-12-25(31-27)18-16-23-10-7-11-24(22-23)17-19-26-13-9-15-28(32-26)30-21-6-4-2/h7-15,22H,3-6,20-21H2,1-2H3,(H,29,31)(H,30,32). The smallest absolute Gasteiger partial charge is 0.127 e. The highest BCUT2D eigenvalue weighted by atomic mass is 15.0. The average molecular weight is 423 g/mol. The molecule has 0 amide bonds. The largest absolute Gasteiger partial charge is 0.370 e. The van der Waals surface area contributed by atoms with Crippen molar-refractivity contribution in [3.05, 3.63) is 83.2 Å². The number of benzene rings is 1. The van der Waals surface area contributed by atoms with Crippen LogP contribution in [0, 0.1) is 23.7 Å². The molecule has 0 radical (unpaired) electrons. The molecule has 0 bridgehead atoms. The van der Waals surface area contributed by atoms with Gasteiger partial charge in [0.25, 0.3) is 0 Å². The maximum absolute atomic E-state index is 4.57. The van der Waals surface area contributed by atoms with Gasteiger partial charge in [-0.05, 0) is 67.1 Å². The van der Waals surface area contributed by atoms with E-state index in [1.165, 1.54) is 0 Å². The van der Waals surface area contributed by atoms with E-state index < -0.39 is 0 Å². The number of aromatic nitrogens is 2. The van der Waals surface area contributed by atoms with E-state index in [1.54, 1.807) is 0 Å². The Hall–Kier alpha value is -3.76. The number of unbranched alkanes of at least 4 members (excludes halogenated alkanes) is 2. The molecule has 2 N–H and O–H groups in total. The minimum atomic E-state index is 0.750. The number of hydrogen-bond donors (Lipinski definition) is 2. The molecule has 32 heavy (non-hydrogen) atoms. The first-order valence-corrected chi connectivity index (χ1v) is 11.3. The van der Waals surface area contributed by atoms with Gasteiger partial charge < -0.3 is 10.6 Å². The predicted octanol–water partition coefficient (Wildman–Crippen LogP) is 5.70. The summed E-state index contributed by atoms with van der Waals surface area (Å²) in [6.45, 7) is 6.20. The summed E-state index contributed by atoms with van der Waals surface area (Å²) < 4.78 is 0. The normalized spacial score (nSPS) is 9.81. The maximum atomic E-state index is 4.57. The third kappa shape index (κ3) is 7.82. The van der Waals surface area contributed by atoms with E-state index in [-0.39, 0.29) is 0 Å². The van der Waals surface area contributed by atoms with Gasteiger partial charge in [0.1, 0.15) is 23.0 Å². The van der Waals surface area contributed by atoms with Crippen LogP contribution in [0.25, 0.3) is 0 Å². The Kier molecular flexibility index (Phi) is 9.18. The molecule has 0 aliphatic rings. The molecular weight excluding hydrogens is 392 g/mol. The second-order valence-electron chi connectivity index (χ2n) is 7.46. The molecule has 0 aliphatic heterocycles. The zero-order valence-corrected chi connectivity index (χ0v) is 18.9. The van der Waals surface area contributed by atoms with Gasteiger partial charge in [-0.2, -0.15) is 0 Å². The average Bonchev–Trinajstić information content (AvgIpc) is 2.83. The second-order valence-corrected chi connectivity index (χ2v) is 7.46. The van der Waals surface area contributed by atoms with Crippen LogP contribution in [0.4, 0.5) is 11.6 Å². The molecule has 162 valence electrons. The molecule has 0 saturated carbocycles. The van der Waals surface area contributed by atoms with Gasteiger partial charge in [-0.1, -0.05) is 56.7 Å². The van der Waals surface area contributed by atoms with Gasteiger partial charge in [-0.3, -0.25) is 0 Å². The Morgan fingerprint density at radius 1 is 0.625 bits per heavy atom. The molecule has 3 rings (SSSR count). The highest BCUT2D eigenvalue weighted by molar-refractivity contribution is 5.49. The molecule has 2 heterocycles. The molecule has 0 fully saturated rings. The fourth-order valence-electron chi connectivity index (χ4n) is 2.94. The number of nitrogens with zero attached hydrogens (tertiary/aromatic N) is 2. The maximum Gasteiger partial charge on any atom is 0.127 e. The fourth-order valence-corrected chi connectivity index (χ4v) is 2.94. The van der Waals surface area contributed by atoms with Gasteiger partial charge in [0.05, 0.1) is 0 Å². The molecule has 4 nitrogen and oxygen atoms in total. The van der Waals surface area contributed by atoms with Crippen LogP contribution >= 0.6 is 0 Å². The predicted molar refractivity (Wildman–Crippen MR) is 134 cm³/mol. The lowest BCUT2D eigenvalue weighted by Crippen LogP contribution is -2.03. The Bertz CT molecular complexity index is 1040. The molecule has 1 aromatic carbocycles. The SMILES string of the molecule is CCCCNc1cccc(C#Cc2cccc(C#Cc3cccc(NCCCC)n3)c2)n1. The van der Waals surface area contributed by atoms with Crippen molar-refractivity contribution in [3.63, 3.8) is 0 Å². The van der Waals surface area contributed by atoms with Crippen molar-refractivity contribution in [2.45, 2.75) is 39.5 Å². The van der Waals surface area contributed by atoms with Crippen molar-refractivity contribution in [1.82, 2.24) is 9.97 Å². The van der Waals surface area contributed by atoms with E-state index in [4.69, 9.17) is 0 Å². The van der Waals surface area contributed by atoms with Crippen molar-refractivity contribution in [2.75, 3.05) is 23.7 Å². The van der Waals surface area contributed by atoms with Crippen LogP contribution in [-0.2, 0) is 0 Å². The highest BCUT2D eigenvalue weighted by Crippen LogP contribution is 2.08. The molecule has 0 unspecified atom stereocenters. The summed E-state index contributed by atoms with van der Waals surface area (Å²) in [5.41, 5.74) is 3.32. The third-order valence-electron chi connectivity index (χ3n) is 4.70. The van der Waals surface area contributed by atoms with Gasteiger partial charge >= 0.3 is 0 Å². The zero-order chi connectivity index (χ0) is 22.4. The molecule has 4 heteroatoms. The van der Waals surface area contributed by atoms with Gasteiger partial charge in [-0.15, -0.1) is 0 Å². The first kappa shape index (κ1) is 22.9.